The number of carboxylic acids is 1. The summed E-state index contributed by atoms with van der Waals surface area (Å²) in [7, 11) is 2.00. The van der Waals surface area contributed by atoms with E-state index in [2.05, 4.69) is 15.2 Å². The summed E-state index contributed by atoms with van der Waals surface area (Å²) >= 11 is 0. The molecule has 7 nitrogen and oxygen atoms in total. The highest BCUT2D eigenvalue weighted by Gasteiger charge is 2.15. The van der Waals surface area contributed by atoms with Gasteiger partial charge in [0, 0.05) is 41.0 Å². The van der Waals surface area contributed by atoms with E-state index in [-0.39, 0.29) is 18.7 Å². The number of nitrogens with zero attached hydrogens (tertiary/aromatic N) is 1. The maximum Gasteiger partial charge on any atom is 0.305 e. The minimum atomic E-state index is -1.02. The summed E-state index contributed by atoms with van der Waals surface area (Å²) in [5.74, 6) is -2.00. The van der Waals surface area contributed by atoms with Gasteiger partial charge in [-0.15, -0.1) is 0 Å². The largest absolute Gasteiger partial charge is 0.481 e. The van der Waals surface area contributed by atoms with Crippen molar-refractivity contribution in [1.29, 1.82) is 0 Å². The van der Waals surface area contributed by atoms with Crippen molar-refractivity contribution in [3.63, 3.8) is 0 Å². The van der Waals surface area contributed by atoms with Crippen LogP contribution < -0.4 is 10.6 Å². The van der Waals surface area contributed by atoms with Gasteiger partial charge >= 0.3 is 5.97 Å². The van der Waals surface area contributed by atoms with Crippen molar-refractivity contribution >= 4 is 45.7 Å². The molecule has 0 aliphatic rings. The van der Waals surface area contributed by atoms with E-state index in [1.807, 2.05) is 49.5 Å². The Balaban J connectivity index is 1.70. The van der Waals surface area contributed by atoms with Gasteiger partial charge in [0.05, 0.1) is 6.42 Å². The lowest BCUT2D eigenvalue weighted by Crippen LogP contribution is -2.35. The normalized spacial score (nSPS) is 11.5. The molecule has 4 aromatic rings. The fourth-order valence-electron chi connectivity index (χ4n) is 3.76. The van der Waals surface area contributed by atoms with Gasteiger partial charge in [0.2, 0.25) is 0 Å². The zero-order valence-corrected chi connectivity index (χ0v) is 18.0. The number of rotatable bonds is 7. The zero-order chi connectivity index (χ0) is 23.4. The molecule has 0 bridgehead atoms. The molecule has 2 amide bonds. The van der Waals surface area contributed by atoms with Crippen LogP contribution in [0, 0.1) is 0 Å². The predicted octanol–water partition coefficient (Wildman–Crippen LogP) is 3.69. The molecule has 0 saturated heterocycles. The van der Waals surface area contributed by atoms with E-state index in [9.17, 15) is 14.4 Å². The molecular weight excluding hydrogens is 418 g/mol. The Labute approximate surface area is 190 Å². The number of hydrogen-bond donors (Lipinski definition) is 3. The summed E-state index contributed by atoms with van der Waals surface area (Å²) in [5, 5.41) is 16.2. The molecule has 0 saturated carbocycles. The number of carbonyl (C=O) groups excluding carboxylic acids is 2. The molecule has 7 heteroatoms. The number of nitrogens with one attached hydrogen (secondary N) is 2. The number of aryl methyl sites for hydroxylation is 1. The van der Waals surface area contributed by atoms with Crippen molar-refractivity contribution < 1.29 is 19.5 Å². The van der Waals surface area contributed by atoms with Crippen molar-refractivity contribution in [2.45, 2.75) is 6.42 Å². The highest BCUT2D eigenvalue weighted by atomic mass is 16.4. The van der Waals surface area contributed by atoms with Crippen molar-refractivity contribution in [3.8, 4) is 0 Å². The number of carbonyl (C=O) groups is 3. The van der Waals surface area contributed by atoms with E-state index in [1.165, 1.54) is 0 Å². The van der Waals surface area contributed by atoms with E-state index in [0.717, 1.165) is 27.4 Å². The third-order valence-electron chi connectivity index (χ3n) is 5.40. The maximum absolute atomic E-state index is 12.8. The van der Waals surface area contributed by atoms with Crippen molar-refractivity contribution in [2.24, 2.45) is 7.05 Å². The first-order chi connectivity index (χ1) is 15.9. The summed E-state index contributed by atoms with van der Waals surface area (Å²) < 4.78 is 2.11. The van der Waals surface area contributed by atoms with Crippen LogP contribution in [0.4, 0.5) is 0 Å². The molecule has 0 unspecified atom stereocenters. The molecule has 3 N–H and O–H groups in total. The zero-order valence-electron chi connectivity index (χ0n) is 18.0. The van der Waals surface area contributed by atoms with Crippen LogP contribution in [-0.4, -0.2) is 34.0 Å². The van der Waals surface area contributed by atoms with E-state index in [1.54, 1.807) is 36.4 Å². The minimum absolute atomic E-state index is 0.0360. The molecule has 33 heavy (non-hydrogen) atoms. The summed E-state index contributed by atoms with van der Waals surface area (Å²) in [6.07, 6.45) is 1.38. The number of aliphatic carboxylic acids is 1. The first-order valence-electron chi connectivity index (χ1n) is 10.5. The lowest BCUT2D eigenvalue weighted by atomic mass is 10.1. The lowest BCUT2D eigenvalue weighted by molar-refractivity contribution is -0.136. The van der Waals surface area contributed by atoms with Gasteiger partial charge in [-0.3, -0.25) is 14.4 Å². The smallest absolute Gasteiger partial charge is 0.305 e. The molecule has 0 spiro atoms. The summed E-state index contributed by atoms with van der Waals surface area (Å²) in [5.41, 5.74) is 3.32. The van der Waals surface area contributed by atoms with Gasteiger partial charge in [-0.05, 0) is 42.0 Å². The SMILES string of the molecule is Cn1c2ccccc2c2cc(C=C(NC(=O)c3ccccc3)C(=O)NCCC(=O)O)ccc21. The number of aromatic nitrogens is 1. The average molecular weight is 441 g/mol. The Morgan fingerprint density at radius 3 is 2.36 bits per heavy atom. The molecule has 4 rings (SSSR count). The van der Waals surface area contributed by atoms with Crippen LogP contribution in [0.5, 0.6) is 0 Å². The Bertz CT molecular complexity index is 1390. The average Bonchev–Trinajstić information content (AvgIpc) is 3.10. The van der Waals surface area contributed by atoms with Crippen LogP contribution in [0.2, 0.25) is 0 Å². The lowest BCUT2D eigenvalue weighted by Gasteiger charge is -2.11. The Morgan fingerprint density at radius 1 is 0.909 bits per heavy atom. The van der Waals surface area contributed by atoms with Gasteiger partial charge in [0.25, 0.3) is 11.8 Å². The van der Waals surface area contributed by atoms with Gasteiger partial charge in [-0.2, -0.15) is 0 Å². The number of fused-ring (bicyclic) bond motifs is 3. The standard InChI is InChI=1S/C26H23N3O4/c1-29-22-10-6-5-9-19(22)20-15-17(11-12-23(20)29)16-21(26(33)27-14-13-24(30)31)28-25(32)18-7-3-2-4-8-18/h2-12,15-16H,13-14H2,1H3,(H,27,33)(H,28,32)(H,30,31). The molecule has 0 aliphatic carbocycles. The highest BCUT2D eigenvalue weighted by molar-refractivity contribution is 6.09. The molecule has 1 heterocycles. The van der Waals surface area contributed by atoms with Crippen molar-refractivity contribution in [2.75, 3.05) is 6.54 Å². The van der Waals surface area contributed by atoms with Crippen molar-refractivity contribution in [1.82, 2.24) is 15.2 Å². The topological polar surface area (TPSA) is 100 Å². The summed E-state index contributed by atoms with van der Waals surface area (Å²) in [6.45, 7) is -0.0466. The monoisotopic (exact) mass is 441 g/mol. The quantitative estimate of drug-likeness (QED) is 0.381. The molecule has 1 aromatic heterocycles. The second-order valence-corrected chi connectivity index (χ2v) is 7.63. The second-order valence-electron chi connectivity index (χ2n) is 7.63. The van der Waals surface area contributed by atoms with E-state index < -0.39 is 17.8 Å². The summed E-state index contributed by atoms with van der Waals surface area (Å²) in [4.78, 5) is 36.3. The van der Waals surface area contributed by atoms with Gasteiger partial charge in [0.1, 0.15) is 5.70 Å². The second kappa shape index (κ2) is 9.40. The van der Waals surface area contributed by atoms with E-state index >= 15 is 0 Å². The highest BCUT2D eigenvalue weighted by Crippen LogP contribution is 2.29. The number of amides is 2. The van der Waals surface area contributed by atoms with E-state index in [4.69, 9.17) is 5.11 Å². The fraction of sp³-hybridized carbons (Fsp3) is 0.115. The first-order valence-corrected chi connectivity index (χ1v) is 10.5. The Hall–Kier alpha value is -4.39. The van der Waals surface area contributed by atoms with Gasteiger partial charge in [-0.25, -0.2) is 0 Å². The molecule has 0 fully saturated rings. The predicted molar refractivity (Wildman–Crippen MR) is 128 cm³/mol. The minimum Gasteiger partial charge on any atom is -0.481 e. The van der Waals surface area contributed by atoms with Gasteiger partial charge in [0.15, 0.2) is 0 Å². The van der Waals surface area contributed by atoms with Crippen LogP contribution in [0.1, 0.15) is 22.3 Å². The van der Waals surface area contributed by atoms with Crippen molar-refractivity contribution in [3.05, 3.63) is 89.6 Å². The molecule has 0 radical (unpaired) electrons. The Morgan fingerprint density at radius 2 is 1.61 bits per heavy atom. The summed E-state index contributed by atoms with van der Waals surface area (Å²) in [6, 6.07) is 22.4. The van der Waals surface area contributed by atoms with Gasteiger partial charge < -0.3 is 20.3 Å². The van der Waals surface area contributed by atoms with Crippen LogP contribution >= 0.6 is 0 Å². The maximum atomic E-state index is 12.8. The first kappa shape index (κ1) is 21.8. The van der Waals surface area contributed by atoms with Crippen LogP contribution in [0.3, 0.4) is 0 Å². The third kappa shape index (κ3) is 4.77. The number of para-hydroxylation sites is 1. The van der Waals surface area contributed by atoms with Crippen LogP contribution in [0.25, 0.3) is 27.9 Å². The number of carboxylic acid groups (broad SMARTS) is 1. The molecular formula is C26H23N3O4. The number of hydrogen-bond acceptors (Lipinski definition) is 3. The van der Waals surface area contributed by atoms with Gasteiger partial charge in [-0.1, -0.05) is 42.5 Å². The van der Waals surface area contributed by atoms with E-state index in [0.29, 0.717) is 5.56 Å². The molecule has 0 aliphatic heterocycles. The molecule has 0 atom stereocenters. The van der Waals surface area contributed by atoms with Crippen LogP contribution in [-0.2, 0) is 16.6 Å². The van der Waals surface area contributed by atoms with Crippen LogP contribution in [0.15, 0.2) is 78.5 Å². The molecule has 3 aromatic carbocycles. The number of benzene rings is 3. The third-order valence-corrected chi connectivity index (χ3v) is 5.40. The molecule has 166 valence electrons. The fourth-order valence-corrected chi connectivity index (χ4v) is 3.76. The Kier molecular flexibility index (Phi) is 6.22.